The lowest BCUT2D eigenvalue weighted by atomic mass is 10.1. The largest absolute Gasteiger partial charge is 0.508 e. The molecule has 0 amide bonds. The third kappa shape index (κ3) is 1.65. The lowest BCUT2D eigenvalue weighted by molar-refractivity contribution is 0.433. The smallest absolute Gasteiger partial charge is 0.122 e. The summed E-state index contributed by atoms with van der Waals surface area (Å²) in [5.41, 5.74) is 0.881. The van der Waals surface area contributed by atoms with Gasteiger partial charge in [-0.15, -0.1) is 0 Å². The van der Waals surface area contributed by atoms with E-state index in [1.54, 1.807) is 6.07 Å². The van der Waals surface area contributed by atoms with Crippen LogP contribution in [0.1, 0.15) is 11.7 Å². The van der Waals surface area contributed by atoms with Gasteiger partial charge in [-0.05, 0) is 12.3 Å². The summed E-state index contributed by atoms with van der Waals surface area (Å²) < 4.78 is 0. The molecule has 1 atom stereocenters. The van der Waals surface area contributed by atoms with Gasteiger partial charge in [0.15, 0.2) is 0 Å². The molecule has 1 heterocycles. The average molecular weight is 176 g/mol. The lowest BCUT2D eigenvalue weighted by Crippen LogP contribution is -2.34. The maximum Gasteiger partial charge on any atom is 0.122 e. The van der Waals surface area contributed by atoms with E-state index in [1.807, 2.05) is 30.5 Å². The Morgan fingerprint density at radius 2 is 2.15 bits per heavy atom. The highest BCUT2D eigenvalue weighted by molar-refractivity contribution is 5.34. The molecule has 0 saturated carbocycles. The highest BCUT2D eigenvalue weighted by atomic mass is 16.3. The van der Waals surface area contributed by atoms with E-state index >= 15 is 0 Å². The highest BCUT2D eigenvalue weighted by Crippen LogP contribution is 2.22. The van der Waals surface area contributed by atoms with Crippen LogP contribution in [-0.2, 0) is 0 Å². The maximum absolute atomic E-state index is 9.56. The topological polar surface area (TPSA) is 44.3 Å². The summed E-state index contributed by atoms with van der Waals surface area (Å²) in [6.45, 7) is 0.825. The second kappa shape index (κ2) is 3.49. The molecule has 1 unspecified atom stereocenters. The average Bonchev–Trinajstić information content (AvgIpc) is 2.20. The van der Waals surface area contributed by atoms with E-state index in [-0.39, 0.29) is 6.17 Å². The Balaban J connectivity index is 2.24. The fourth-order valence-corrected chi connectivity index (χ4v) is 1.40. The highest BCUT2D eigenvalue weighted by Gasteiger charge is 2.13. The van der Waals surface area contributed by atoms with Crippen molar-refractivity contribution in [3.05, 3.63) is 42.1 Å². The van der Waals surface area contributed by atoms with Crippen molar-refractivity contribution in [2.45, 2.75) is 6.17 Å². The monoisotopic (exact) mass is 176 g/mol. The summed E-state index contributed by atoms with van der Waals surface area (Å²) in [6.07, 6.45) is 3.91. The van der Waals surface area contributed by atoms with Crippen LogP contribution in [-0.4, -0.2) is 11.7 Å². The number of phenolic OH excluding ortho intramolecular Hbond substituents is 1. The zero-order valence-corrected chi connectivity index (χ0v) is 7.20. The molecule has 0 fully saturated rings. The van der Waals surface area contributed by atoms with Crippen molar-refractivity contribution in [1.82, 2.24) is 10.6 Å². The van der Waals surface area contributed by atoms with Crippen LogP contribution in [0.15, 0.2) is 36.5 Å². The zero-order valence-electron chi connectivity index (χ0n) is 7.20. The number of benzene rings is 1. The summed E-state index contributed by atoms with van der Waals surface area (Å²) >= 11 is 0. The number of nitrogens with one attached hydrogen (secondary N) is 2. The summed E-state index contributed by atoms with van der Waals surface area (Å²) in [5.74, 6) is 0.322. The Kier molecular flexibility index (Phi) is 2.19. The van der Waals surface area contributed by atoms with Gasteiger partial charge in [-0.25, -0.2) is 0 Å². The summed E-state index contributed by atoms with van der Waals surface area (Å²) in [5, 5.41) is 15.9. The number of hydrogen-bond donors (Lipinski definition) is 3. The molecule has 13 heavy (non-hydrogen) atoms. The van der Waals surface area contributed by atoms with Gasteiger partial charge in [-0.2, -0.15) is 0 Å². The van der Waals surface area contributed by atoms with Crippen molar-refractivity contribution < 1.29 is 5.11 Å². The Morgan fingerprint density at radius 1 is 1.31 bits per heavy atom. The zero-order chi connectivity index (χ0) is 9.10. The molecule has 0 aromatic heterocycles. The van der Waals surface area contributed by atoms with Gasteiger partial charge in [0.1, 0.15) is 11.9 Å². The number of aromatic hydroxyl groups is 1. The molecule has 1 aliphatic rings. The van der Waals surface area contributed by atoms with Crippen molar-refractivity contribution in [2.75, 3.05) is 6.54 Å². The van der Waals surface area contributed by atoms with Gasteiger partial charge >= 0.3 is 0 Å². The summed E-state index contributed by atoms with van der Waals surface area (Å²) in [7, 11) is 0. The van der Waals surface area contributed by atoms with Crippen LogP contribution in [0.2, 0.25) is 0 Å². The van der Waals surface area contributed by atoms with Crippen LogP contribution < -0.4 is 10.6 Å². The van der Waals surface area contributed by atoms with Crippen molar-refractivity contribution >= 4 is 0 Å². The quantitative estimate of drug-likeness (QED) is 0.600. The first kappa shape index (κ1) is 8.13. The second-order valence-corrected chi connectivity index (χ2v) is 2.97. The minimum atomic E-state index is 0.0196. The van der Waals surface area contributed by atoms with E-state index < -0.39 is 0 Å². The first-order valence-corrected chi connectivity index (χ1v) is 4.30. The van der Waals surface area contributed by atoms with Gasteiger partial charge in [0.25, 0.3) is 0 Å². The van der Waals surface area contributed by atoms with Crippen LogP contribution in [0.5, 0.6) is 5.75 Å². The number of hydrogen-bond acceptors (Lipinski definition) is 3. The molecule has 3 N–H and O–H groups in total. The molecular weight excluding hydrogens is 164 g/mol. The van der Waals surface area contributed by atoms with E-state index in [9.17, 15) is 5.11 Å². The Morgan fingerprint density at radius 3 is 2.85 bits per heavy atom. The molecule has 3 heteroatoms. The van der Waals surface area contributed by atoms with E-state index in [4.69, 9.17) is 0 Å². The van der Waals surface area contributed by atoms with Crippen molar-refractivity contribution in [2.24, 2.45) is 0 Å². The molecular formula is C10H12N2O. The second-order valence-electron chi connectivity index (χ2n) is 2.97. The first-order valence-electron chi connectivity index (χ1n) is 4.30. The van der Waals surface area contributed by atoms with E-state index in [0.717, 1.165) is 12.1 Å². The Bertz CT molecular complexity index is 322. The van der Waals surface area contributed by atoms with Gasteiger partial charge in [0.05, 0.1) is 0 Å². The molecule has 0 spiro atoms. The predicted molar refractivity (Wildman–Crippen MR) is 51.1 cm³/mol. The third-order valence-corrected chi connectivity index (χ3v) is 2.07. The predicted octanol–water partition coefficient (Wildman–Crippen LogP) is 1.10. The molecule has 1 aliphatic heterocycles. The number of rotatable bonds is 1. The SMILES string of the molecule is Oc1ccccc1C1NC=CCN1. The van der Waals surface area contributed by atoms with Gasteiger partial charge in [-0.3, -0.25) is 5.32 Å². The fourth-order valence-electron chi connectivity index (χ4n) is 1.40. The van der Waals surface area contributed by atoms with Crippen LogP contribution >= 0.6 is 0 Å². The van der Waals surface area contributed by atoms with Crippen LogP contribution in [0.25, 0.3) is 0 Å². The molecule has 3 nitrogen and oxygen atoms in total. The van der Waals surface area contributed by atoms with Gasteiger partial charge in [0, 0.05) is 12.1 Å². The molecule has 1 aromatic carbocycles. The molecule has 0 saturated heterocycles. The number of phenols is 1. The van der Waals surface area contributed by atoms with E-state index in [2.05, 4.69) is 10.6 Å². The fraction of sp³-hybridized carbons (Fsp3) is 0.200. The van der Waals surface area contributed by atoms with E-state index in [1.165, 1.54) is 0 Å². The van der Waals surface area contributed by atoms with Crippen LogP contribution in [0.3, 0.4) is 0 Å². The van der Waals surface area contributed by atoms with E-state index in [0.29, 0.717) is 5.75 Å². The van der Waals surface area contributed by atoms with Gasteiger partial charge < -0.3 is 10.4 Å². The minimum Gasteiger partial charge on any atom is -0.508 e. The van der Waals surface area contributed by atoms with Gasteiger partial charge in [-0.1, -0.05) is 24.3 Å². The molecule has 1 aromatic rings. The van der Waals surface area contributed by atoms with Gasteiger partial charge in [0.2, 0.25) is 0 Å². The molecule has 68 valence electrons. The molecule has 0 bridgehead atoms. The summed E-state index contributed by atoms with van der Waals surface area (Å²) in [6, 6.07) is 7.32. The first-order chi connectivity index (χ1) is 6.38. The third-order valence-electron chi connectivity index (χ3n) is 2.07. The lowest BCUT2D eigenvalue weighted by Gasteiger charge is -2.22. The maximum atomic E-state index is 9.56. The summed E-state index contributed by atoms with van der Waals surface area (Å²) in [4.78, 5) is 0. The molecule has 0 aliphatic carbocycles. The molecule has 0 radical (unpaired) electrons. The van der Waals surface area contributed by atoms with Crippen molar-refractivity contribution in [3.63, 3.8) is 0 Å². The van der Waals surface area contributed by atoms with Crippen LogP contribution in [0.4, 0.5) is 0 Å². The normalized spacial score (nSPS) is 21.1. The Labute approximate surface area is 77.1 Å². The standard InChI is InChI=1S/C10H12N2O/c13-9-5-2-1-4-8(9)10-11-6-3-7-12-10/h1-6,10-13H,7H2. The molecule has 2 rings (SSSR count). The Hall–Kier alpha value is -1.48. The van der Waals surface area contributed by atoms with Crippen molar-refractivity contribution in [1.29, 1.82) is 0 Å². The minimum absolute atomic E-state index is 0.0196. The van der Waals surface area contributed by atoms with Crippen molar-refractivity contribution in [3.8, 4) is 5.75 Å². The number of para-hydroxylation sites is 1. The van der Waals surface area contributed by atoms with Crippen LogP contribution in [0, 0.1) is 0 Å².